The number of rotatable bonds is 3. The lowest BCUT2D eigenvalue weighted by Crippen LogP contribution is -2.36. The molecule has 94 valence electrons. The maximum absolute atomic E-state index is 11.7. The van der Waals surface area contributed by atoms with Crippen molar-refractivity contribution in [1.29, 1.82) is 0 Å². The number of likely N-dealkylation sites (N-methyl/N-ethyl adjacent to an activating group) is 1. The van der Waals surface area contributed by atoms with Gasteiger partial charge >= 0.3 is 0 Å². The maximum atomic E-state index is 11.7. The van der Waals surface area contributed by atoms with Crippen molar-refractivity contribution >= 4 is 39.1 Å². The largest absolute Gasteiger partial charge is 0.373 e. The number of carbonyl (C=O) groups is 1. The zero-order chi connectivity index (χ0) is 13.2. The molecule has 0 fully saturated rings. The molecule has 1 N–H and O–H groups in total. The number of aryl methyl sites for hydroxylation is 1. The van der Waals surface area contributed by atoms with E-state index in [0.29, 0.717) is 5.02 Å². The standard InChI is InChI=1S/C12H16BrClN2O/c1-7-5-9(13)11(6-10(7)14)15-8(2)12(17)16(3)4/h5-6,8,15H,1-4H3. The molecule has 0 aliphatic carbocycles. The fourth-order valence-corrected chi connectivity index (χ4v) is 2.18. The first kappa shape index (κ1) is 14.3. The van der Waals surface area contributed by atoms with Gasteiger partial charge in [0.2, 0.25) is 5.91 Å². The molecule has 1 unspecified atom stereocenters. The number of amides is 1. The Kier molecular flexibility index (Phi) is 4.83. The molecule has 0 saturated carbocycles. The predicted molar refractivity (Wildman–Crippen MR) is 75.7 cm³/mol. The van der Waals surface area contributed by atoms with Crippen molar-refractivity contribution in [3.05, 3.63) is 27.2 Å². The Morgan fingerprint density at radius 3 is 2.59 bits per heavy atom. The van der Waals surface area contributed by atoms with Crippen LogP contribution in [0.3, 0.4) is 0 Å². The van der Waals surface area contributed by atoms with Crippen molar-refractivity contribution in [2.75, 3.05) is 19.4 Å². The fourth-order valence-electron chi connectivity index (χ4n) is 1.44. The molecular formula is C12H16BrClN2O. The molecular weight excluding hydrogens is 304 g/mol. The van der Waals surface area contributed by atoms with Gasteiger partial charge in [-0.15, -0.1) is 0 Å². The highest BCUT2D eigenvalue weighted by Gasteiger charge is 2.16. The van der Waals surface area contributed by atoms with Crippen LogP contribution in [0.4, 0.5) is 5.69 Å². The number of nitrogens with one attached hydrogen (secondary N) is 1. The van der Waals surface area contributed by atoms with E-state index >= 15 is 0 Å². The van der Waals surface area contributed by atoms with Crippen molar-refractivity contribution < 1.29 is 4.79 Å². The average molecular weight is 320 g/mol. The zero-order valence-electron chi connectivity index (χ0n) is 10.3. The Balaban J connectivity index is 2.89. The number of hydrogen-bond donors (Lipinski definition) is 1. The van der Waals surface area contributed by atoms with E-state index in [2.05, 4.69) is 21.2 Å². The molecule has 1 aromatic rings. The second-order valence-corrected chi connectivity index (χ2v) is 5.44. The van der Waals surface area contributed by atoms with Crippen LogP contribution < -0.4 is 5.32 Å². The molecule has 0 spiro atoms. The van der Waals surface area contributed by atoms with Crippen molar-refractivity contribution in [2.24, 2.45) is 0 Å². The molecule has 3 nitrogen and oxygen atoms in total. The minimum atomic E-state index is -0.292. The van der Waals surface area contributed by atoms with Gasteiger partial charge in [-0.1, -0.05) is 11.6 Å². The van der Waals surface area contributed by atoms with E-state index in [0.717, 1.165) is 15.7 Å². The fraction of sp³-hybridized carbons (Fsp3) is 0.417. The van der Waals surface area contributed by atoms with Crippen LogP contribution in [0.1, 0.15) is 12.5 Å². The van der Waals surface area contributed by atoms with Crippen LogP contribution in [0.2, 0.25) is 5.02 Å². The summed E-state index contributed by atoms with van der Waals surface area (Å²) in [5.41, 5.74) is 1.82. The zero-order valence-corrected chi connectivity index (χ0v) is 12.7. The van der Waals surface area contributed by atoms with Crippen molar-refractivity contribution in [3.63, 3.8) is 0 Å². The van der Waals surface area contributed by atoms with Crippen LogP contribution in [0, 0.1) is 6.92 Å². The van der Waals surface area contributed by atoms with Gasteiger partial charge in [0.15, 0.2) is 0 Å². The summed E-state index contributed by atoms with van der Waals surface area (Å²) >= 11 is 9.51. The molecule has 0 heterocycles. The average Bonchev–Trinajstić information content (AvgIpc) is 2.24. The van der Waals surface area contributed by atoms with Crippen molar-refractivity contribution in [2.45, 2.75) is 19.9 Å². The monoisotopic (exact) mass is 318 g/mol. The minimum absolute atomic E-state index is 0.0218. The van der Waals surface area contributed by atoms with E-state index in [4.69, 9.17) is 11.6 Å². The van der Waals surface area contributed by atoms with E-state index in [1.54, 1.807) is 19.0 Å². The first-order valence-corrected chi connectivity index (χ1v) is 6.43. The summed E-state index contributed by atoms with van der Waals surface area (Å²) < 4.78 is 0.901. The second kappa shape index (κ2) is 5.74. The topological polar surface area (TPSA) is 32.3 Å². The molecule has 1 atom stereocenters. The van der Waals surface area contributed by atoms with E-state index < -0.39 is 0 Å². The molecule has 0 bridgehead atoms. The van der Waals surface area contributed by atoms with Crippen LogP contribution in [0.25, 0.3) is 0 Å². The number of carbonyl (C=O) groups excluding carboxylic acids is 1. The maximum Gasteiger partial charge on any atom is 0.244 e. The molecule has 1 aromatic carbocycles. The lowest BCUT2D eigenvalue weighted by atomic mass is 10.2. The number of halogens is 2. The van der Waals surface area contributed by atoms with Crippen LogP contribution in [0.5, 0.6) is 0 Å². The van der Waals surface area contributed by atoms with Gasteiger partial charge in [0, 0.05) is 23.6 Å². The first-order valence-electron chi connectivity index (χ1n) is 5.26. The summed E-state index contributed by atoms with van der Waals surface area (Å²) in [6.45, 7) is 3.76. The lowest BCUT2D eigenvalue weighted by Gasteiger charge is -2.20. The Bertz CT molecular complexity index is 435. The van der Waals surface area contributed by atoms with E-state index in [1.165, 1.54) is 0 Å². The van der Waals surface area contributed by atoms with Gasteiger partial charge in [-0.05, 0) is 47.5 Å². The van der Waals surface area contributed by atoms with E-state index in [-0.39, 0.29) is 11.9 Å². The summed E-state index contributed by atoms with van der Waals surface area (Å²) in [4.78, 5) is 13.3. The highest BCUT2D eigenvalue weighted by Crippen LogP contribution is 2.29. The molecule has 0 saturated heterocycles. The summed E-state index contributed by atoms with van der Waals surface area (Å²) in [6.07, 6.45) is 0. The number of anilines is 1. The molecule has 0 radical (unpaired) electrons. The number of benzene rings is 1. The third kappa shape index (κ3) is 3.61. The van der Waals surface area contributed by atoms with Gasteiger partial charge < -0.3 is 10.2 Å². The molecule has 17 heavy (non-hydrogen) atoms. The van der Waals surface area contributed by atoms with Crippen LogP contribution >= 0.6 is 27.5 Å². The van der Waals surface area contributed by atoms with Gasteiger partial charge in [-0.3, -0.25) is 4.79 Å². The normalized spacial score (nSPS) is 12.1. The Morgan fingerprint density at radius 2 is 2.06 bits per heavy atom. The predicted octanol–water partition coefficient (Wildman–Crippen LogP) is 3.30. The molecule has 0 aromatic heterocycles. The molecule has 0 aliphatic rings. The minimum Gasteiger partial charge on any atom is -0.373 e. The SMILES string of the molecule is Cc1cc(Br)c(NC(C)C(=O)N(C)C)cc1Cl. The Morgan fingerprint density at radius 1 is 1.47 bits per heavy atom. The van der Waals surface area contributed by atoms with Crippen LogP contribution in [-0.4, -0.2) is 30.9 Å². The third-order valence-corrected chi connectivity index (χ3v) is 3.49. The quantitative estimate of drug-likeness (QED) is 0.927. The smallest absolute Gasteiger partial charge is 0.244 e. The van der Waals surface area contributed by atoms with Gasteiger partial charge in [-0.25, -0.2) is 0 Å². The summed E-state index contributed by atoms with van der Waals surface area (Å²) in [5, 5.41) is 3.82. The highest BCUT2D eigenvalue weighted by molar-refractivity contribution is 9.10. The van der Waals surface area contributed by atoms with Crippen LogP contribution in [-0.2, 0) is 4.79 Å². The second-order valence-electron chi connectivity index (χ2n) is 4.18. The van der Waals surface area contributed by atoms with E-state index in [9.17, 15) is 4.79 Å². The summed E-state index contributed by atoms with van der Waals surface area (Å²) in [6, 6.07) is 3.46. The first-order chi connectivity index (χ1) is 7.82. The Labute approximate surface area is 115 Å². The lowest BCUT2D eigenvalue weighted by molar-refractivity contribution is -0.129. The number of nitrogens with zero attached hydrogens (tertiary/aromatic N) is 1. The van der Waals surface area contributed by atoms with E-state index in [1.807, 2.05) is 26.0 Å². The van der Waals surface area contributed by atoms with Crippen molar-refractivity contribution in [3.8, 4) is 0 Å². The molecule has 1 amide bonds. The third-order valence-electron chi connectivity index (χ3n) is 2.43. The summed E-state index contributed by atoms with van der Waals surface area (Å²) in [7, 11) is 3.47. The number of hydrogen-bond acceptors (Lipinski definition) is 2. The molecule has 0 aliphatic heterocycles. The van der Waals surface area contributed by atoms with Crippen molar-refractivity contribution in [1.82, 2.24) is 4.90 Å². The summed E-state index contributed by atoms with van der Waals surface area (Å²) in [5.74, 6) is 0.0218. The highest BCUT2D eigenvalue weighted by atomic mass is 79.9. The van der Waals surface area contributed by atoms with Gasteiger partial charge in [0.05, 0.1) is 5.69 Å². The molecule has 5 heteroatoms. The Hall–Kier alpha value is -0.740. The van der Waals surface area contributed by atoms with Gasteiger partial charge in [0.25, 0.3) is 0 Å². The van der Waals surface area contributed by atoms with Gasteiger partial charge in [-0.2, -0.15) is 0 Å². The van der Waals surface area contributed by atoms with Crippen LogP contribution in [0.15, 0.2) is 16.6 Å². The molecule has 1 rings (SSSR count). The van der Waals surface area contributed by atoms with Gasteiger partial charge in [0.1, 0.15) is 6.04 Å².